The molecule has 2 aromatic carbocycles. The Kier molecular flexibility index (Phi) is 3.05. The van der Waals surface area contributed by atoms with Crippen molar-refractivity contribution in [3.05, 3.63) is 70.9 Å². The van der Waals surface area contributed by atoms with E-state index in [1.54, 1.807) is 12.1 Å². The fraction of sp³-hybridized carbons (Fsp3) is 0.250. The number of nitrogens with one attached hydrogen (secondary N) is 1. The number of aromatic carboxylic acids is 1. The predicted molar refractivity (Wildman–Crippen MR) is 91.1 cm³/mol. The van der Waals surface area contributed by atoms with Gasteiger partial charge < -0.3 is 10.1 Å². The van der Waals surface area contributed by atoms with Crippen LogP contribution in [0.15, 0.2) is 48.7 Å². The summed E-state index contributed by atoms with van der Waals surface area (Å²) in [4.78, 5) is 14.4. The van der Waals surface area contributed by atoms with E-state index >= 15 is 0 Å². The Balaban J connectivity index is 1.86. The summed E-state index contributed by atoms with van der Waals surface area (Å²) >= 11 is 0. The molecule has 0 saturated heterocycles. The number of rotatable bonds is 3. The lowest BCUT2D eigenvalue weighted by atomic mass is 9.60. The average Bonchev–Trinajstić information content (AvgIpc) is 2.91. The first-order chi connectivity index (χ1) is 11.1. The highest BCUT2D eigenvalue weighted by molar-refractivity contribution is 5.95. The zero-order valence-electron chi connectivity index (χ0n) is 13.1. The van der Waals surface area contributed by atoms with E-state index < -0.39 is 5.97 Å². The van der Waals surface area contributed by atoms with Crippen molar-refractivity contribution >= 4 is 16.9 Å². The number of carbonyl (C=O) groups is 1. The third-order valence-electron chi connectivity index (χ3n) is 5.26. The molecular weight excluding hydrogens is 286 g/mol. The molecule has 3 aromatic rings. The SMILES string of the molecule is Cc1ccc(C2(c3c[nH]c4cc(C(=O)O)ccc34)CCC2)cc1. The summed E-state index contributed by atoms with van der Waals surface area (Å²) in [7, 11) is 0. The molecule has 1 fully saturated rings. The van der Waals surface area contributed by atoms with Crippen molar-refractivity contribution in [2.75, 3.05) is 0 Å². The summed E-state index contributed by atoms with van der Waals surface area (Å²) in [6, 6.07) is 14.2. The van der Waals surface area contributed by atoms with Crippen molar-refractivity contribution in [1.29, 1.82) is 0 Å². The van der Waals surface area contributed by atoms with Gasteiger partial charge in [0.1, 0.15) is 0 Å². The maximum atomic E-state index is 11.2. The highest BCUT2D eigenvalue weighted by atomic mass is 16.4. The molecule has 1 aromatic heterocycles. The van der Waals surface area contributed by atoms with Crippen LogP contribution in [0, 0.1) is 6.92 Å². The Bertz CT molecular complexity index is 886. The van der Waals surface area contributed by atoms with E-state index in [1.807, 2.05) is 6.07 Å². The number of aryl methyl sites for hydroxylation is 1. The molecule has 0 amide bonds. The van der Waals surface area contributed by atoms with Crippen molar-refractivity contribution < 1.29 is 9.90 Å². The first-order valence-corrected chi connectivity index (χ1v) is 8.02. The second-order valence-corrected chi connectivity index (χ2v) is 6.57. The number of carboxylic acid groups (broad SMARTS) is 1. The van der Waals surface area contributed by atoms with Gasteiger partial charge >= 0.3 is 5.97 Å². The number of carboxylic acids is 1. The molecular formula is C20H19NO2. The minimum Gasteiger partial charge on any atom is -0.478 e. The smallest absolute Gasteiger partial charge is 0.335 e. The molecule has 3 heteroatoms. The lowest BCUT2D eigenvalue weighted by Crippen LogP contribution is -2.35. The lowest BCUT2D eigenvalue weighted by molar-refractivity contribution is 0.0697. The van der Waals surface area contributed by atoms with Crippen LogP contribution >= 0.6 is 0 Å². The van der Waals surface area contributed by atoms with Gasteiger partial charge in [0.05, 0.1) is 5.56 Å². The van der Waals surface area contributed by atoms with Crippen LogP contribution in [-0.2, 0) is 5.41 Å². The van der Waals surface area contributed by atoms with Crippen LogP contribution < -0.4 is 0 Å². The van der Waals surface area contributed by atoms with Gasteiger partial charge in [-0.1, -0.05) is 42.3 Å². The van der Waals surface area contributed by atoms with E-state index in [9.17, 15) is 4.79 Å². The van der Waals surface area contributed by atoms with Crippen molar-refractivity contribution in [2.24, 2.45) is 0 Å². The number of hydrogen-bond donors (Lipinski definition) is 2. The quantitative estimate of drug-likeness (QED) is 0.740. The maximum absolute atomic E-state index is 11.2. The van der Waals surface area contributed by atoms with Crippen LogP contribution in [0.25, 0.3) is 10.9 Å². The molecule has 2 N–H and O–H groups in total. The summed E-state index contributed by atoms with van der Waals surface area (Å²) in [5, 5.41) is 10.3. The lowest BCUT2D eigenvalue weighted by Gasteiger charge is -2.42. The molecule has 0 bridgehead atoms. The first kappa shape index (κ1) is 14.1. The summed E-state index contributed by atoms with van der Waals surface area (Å²) in [5.74, 6) is -0.889. The normalized spacial score (nSPS) is 16.2. The molecule has 0 radical (unpaired) electrons. The molecule has 0 atom stereocenters. The number of fused-ring (bicyclic) bond motifs is 1. The van der Waals surface area contributed by atoms with Gasteiger partial charge in [0.15, 0.2) is 0 Å². The van der Waals surface area contributed by atoms with Crippen LogP contribution in [0.4, 0.5) is 0 Å². The zero-order chi connectivity index (χ0) is 16.0. The van der Waals surface area contributed by atoms with E-state index in [2.05, 4.69) is 42.4 Å². The summed E-state index contributed by atoms with van der Waals surface area (Å²) in [6.45, 7) is 2.11. The number of aromatic nitrogens is 1. The van der Waals surface area contributed by atoms with Crippen LogP contribution in [0.1, 0.15) is 46.3 Å². The Labute approximate surface area is 135 Å². The second-order valence-electron chi connectivity index (χ2n) is 6.57. The van der Waals surface area contributed by atoms with Gasteiger partial charge in [-0.25, -0.2) is 4.79 Å². The Morgan fingerprint density at radius 1 is 1.13 bits per heavy atom. The van der Waals surface area contributed by atoms with Gasteiger partial charge in [-0.2, -0.15) is 0 Å². The van der Waals surface area contributed by atoms with E-state index in [0.29, 0.717) is 5.56 Å². The Hall–Kier alpha value is -2.55. The Morgan fingerprint density at radius 2 is 1.87 bits per heavy atom. The highest BCUT2D eigenvalue weighted by Crippen LogP contribution is 2.51. The molecule has 23 heavy (non-hydrogen) atoms. The average molecular weight is 305 g/mol. The monoisotopic (exact) mass is 305 g/mol. The third-order valence-corrected chi connectivity index (χ3v) is 5.26. The van der Waals surface area contributed by atoms with E-state index in [1.165, 1.54) is 23.1 Å². The van der Waals surface area contributed by atoms with E-state index in [0.717, 1.165) is 23.7 Å². The van der Waals surface area contributed by atoms with Crippen molar-refractivity contribution in [2.45, 2.75) is 31.6 Å². The first-order valence-electron chi connectivity index (χ1n) is 8.02. The molecule has 4 rings (SSSR count). The summed E-state index contributed by atoms with van der Waals surface area (Å²) in [6.07, 6.45) is 5.58. The maximum Gasteiger partial charge on any atom is 0.335 e. The van der Waals surface area contributed by atoms with E-state index in [-0.39, 0.29) is 5.41 Å². The fourth-order valence-electron chi connectivity index (χ4n) is 3.77. The molecule has 0 spiro atoms. The summed E-state index contributed by atoms with van der Waals surface area (Å²) in [5.41, 5.74) is 5.21. The van der Waals surface area contributed by atoms with Gasteiger partial charge in [0.25, 0.3) is 0 Å². The van der Waals surface area contributed by atoms with Crippen molar-refractivity contribution in [3.8, 4) is 0 Å². The largest absolute Gasteiger partial charge is 0.478 e. The van der Waals surface area contributed by atoms with Gasteiger partial charge in [-0.3, -0.25) is 0 Å². The molecule has 0 unspecified atom stereocenters. The van der Waals surface area contributed by atoms with Gasteiger partial charge in [-0.05, 0) is 43.0 Å². The Morgan fingerprint density at radius 3 is 2.48 bits per heavy atom. The van der Waals surface area contributed by atoms with Crippen LogP contribution in [0.3, 0.4) is 0 Å². The van der Waals surface area contributed by atoms with Crippen molar-refractivity contribution in [3.63, 3.8) is 0 Å². The third kappa shape index (κ3) is 2.07. The number of aromatic amines is 1. The van der Waals surface area contributed by atoms with Crippen LogP contribution in [0.5, 0.6) is 0 Å². The van der Waals surface area contributed by atoms with Gasteiger partial charge in [-0.15, -0.1) is 0 Å². The van der Waals surface area contributed by atoms with E-state index in [4.69, 9.17) is 5.11 Å². The fourth-order valence-corrected chi connectivity index (χ4v) is 3.77. The van der Waals surface area contributed by atoms with Crippen molar-refractivity contribution in [1.82, 2.24) is 4.98 Å². The topological polar surface area (TPSA) is 53.1 Å². The van der Waals surface area contributed by atoms with Crippen LogP contribution in [0.2, 0.25) is 0 Å². The molecule has 116 valence electrons. The molecule has 1 aliphatic rings. The van der Waals surface area contributed by atoms with Crippen LogP contribution in [-0.4, -0.2) is 16.1 Å². The molecule has 3 nitrogen and oxygen atoms in total. The predicted octanol–water partition coefficient (Wildman–Crippen LogP) is 4.64. The second kappa shape index (κ2) is 4.98. The molecule has 1 saturated carbocycles. The van der Waals surface area contributed by atoms with Gasteiger partial charge in [0.2, 0.25) is 0 Å². The standard InChI is InChI=1S/C20H19NO2/c1-13-3-6-15(7-4-13)20(9-2-10-20)17-12-21-18-11-14(19(22)23)5-8-16(17)18/h3-8,11-12,21H,2,9-10H2,1H3,(H,22,23). The van der Waals surface area contributed by atoms with Gasteiger partial charge in [0, 0.05) is 22.5 Å². The molecule has 1 aliphatic carbocycles. The number of benzene rings is 2. The minimum absolute atomic E-state index is 0.0662. The number of hydrogen-bond acceptors (Lipinski definition) is 1. The molecule has 0 aliphatic heterocycles. The number of H-pyrrole nitrogens is 1. The zero-order valence-corrected chi connectivity index (χ0v) is 13.1. The molecule has 1 heterocycles. The summed E-state index contributed by atoms with van der Waals surface area (Å²) < 4.78 is 0. The highest BCUT2D eigenvalue weighted by Gasteiger charge is 2.41. The minimum atomic E-state index is -0.889.